The lowest BCUT2D eigenvalue weighted by atomic mass is 9.68. The highest BCUT2D eigenvalue weighted by molar-refractivity contribution is 6.63. The quantitative estimate of drug-likeness (QED) is 0.672. The maximum atomic E-state index is 10.0. The van der Waals surface area contributed by atoms with Crippen LogP contribution in [0.5, 0.6) is 11.5 Å². The minimum Gasteiger partial charge on any atom is -0.508 e. The fourth-order valence-corrected chi connectivity index (χ4v) is 4.36. The Morgan fingerprint density at radius 1 is 0.933 bits per heavy atom. The smallest absolute Gasteiger partial charge is 0.498 e. The molecule has 1 aliphatic rings. The molecule has 3 rings (SSSR count). The number of aryl methyl sites for hydroxylation is 1. The van der Waals surface area contributed by atoms with E-state index in [0.717, 1.165) is 29.6 Å². The molecule has 0 radical (unpaired) electrons. The van der Waals surface area contributed by atoms with Crippen LogP contribution in [-0.2, 0) is 14.7 Å². The normalized spacial score (nSPS) is 17.9. The Hall–Kier alpha value is -1.98. The number of rotatable bonds is 6. The average molecular weight is 410 g/mol. The molecule has 162 valence electrons. The Labute approximate surface area is 181 Å². The second-order valence-corrected chi connectivity index (χ2v) is 9.34. The zero-order valence-corrected chi connectivity index (χ0v) is 19.6. The van der Waals surface area contributed by atoms with Crippen LogP contribution in [0.1, 0.15) is 71.1 Å². The van der Waals surface area contributed by atoms with E-state index in [4.69, 9.17) is 14.0 Å². The van der Waals surface area contributed by atoms with E-state index in [1.54, 1.807) is 13.2 Å². The number of ether oxygens (including phenoxy) is 1. The van der Waals surface area contributed by atoms with Crippen LogP contribution >= 0.6 is 0 Å². The van der Waals surface area contributed by atoms with Crippen molar-refractivity contribution >= 4 is 12.6 Å². The monoisotopic (exact) mass is 410 g/mol. The minimum absolute atomic E-state index is 0.166. The SMILES string of the molecule is CCC(CC)(c1ccc(O)c(C)c1)c1ccc(B2OC(C)(C)C(C)(C)O2)c(OC)c1. The Morgan fingerprint density at radius 2 is 1.47 bits per heavy atom. The van der Waals surface area contributed by atoms with Crippen molar-refractivity contribution in [3.05, 3.63) is 53.1 Å². The van der Waals surface area contributed by atoms with Crippen molar-refractivity contribution < 1.29 is 19.2 Å². The maximum Gasteiger partial charge on any atom is 0.498 e. The molecule has 0 amide bonds. The van der Waals surface area contributed by atoms with Crippen LogP contribution in [0.2, 0.25) is 0 Å². The van der Waals surface area contributed by atoms with Gasteiger partial charge in [0, 0.05) is 10.9 Å². The van der Waals surface area contributed by atoms with E-state index < -0.39 is 18.3 Å². The summed E-state index contributed by atoms with van der Waals surface area (Å²) in [5, 5.41) is 10.0. The van der Waals surface area contributed by atoms with Gasteiger partial charge in [-0.3, -0.25) is 0 Å². The van der Waals surface area contributed by atoms with Gasteiger partial charge in [-0.2, -0.15) is 0 Å². The minimum atomic E-state index is -0.465. The van der Waals surface area contributed by atoms with Crippen LogP contribution in [0.3, 0.4) is 0 Å². The summed E-state index contributed by atoms with van der Waals surface area (Å²) in [7, 11) is 1.23. The molecule has 1 heterocycles. The van der Waals surface area contributed by atoms with Crippen molar-refractivity contribution in [2.24, 2.45) is 0 Å². The van der Waals surface area contributed by atoms with Gasteiger partial charge in [-0.1, -0.05) is 38.1 Å². The molecule has 1 N–H and O–H groups in total. The van der Waals surface area contributed by atoms with Crippen LogP contribution < -0.4 is 10.2 Å². The van der Waals surface area contributed by atoms with Gasteiger partial charge in [0.2, 0.25) is 0 Å². The molecule has 0 spiro atoms. The highest BCUT2D eigenvalue weighted by Crippen LogP contribution is 2.42. The zero-order chi connectivity index (χ0) is 22.3. The molecule has 0 atom stereocenters. The zero-order valence-electron chi connectivity index (χ0n) is 19.6. The van der Waals surface area contributed by atoms with E-state index in [0.29, 0.717) is 5.75 Å². The average Bonchev–Trinajstić information content (AvgIpc) is 2.92. The first-order chi connectivity index (χ1) is 14.0. The number of phenolic OH excluding ortho intramolecular Hbond substituents is 1. The van der Waals surface area contributed by atoms with Crippen molar-refractivity contribution in [1.29, 1.82) is 0 Å². The van der Waals surface area contributed by atoms with Crippen molar-refractivity contribution in [2.45, 2.75) is 77.9 Å². The molecule has 1 saturated heterocycles. The highest BCUT2D eigenvalue weighted by Gasteiger charge is 2.52. The largest absolute Gasteiger partial charge is 0.508 e. The molecule has 1 fully saturated rings. The van der Waals surface area contributed by atoms with Gasteiger partial charge in [0.1, 0.15) is 11.5 Å². The molecule has 2 aromatic carbocycles. The van der Waals surface area contributed by atoms with Crippen LogP contribution in [0, 0.1) is 6.92 Å². The maximum absolute atomic E-state index is 10.0. The van der Waals surface area contributed by atoms with E-state index in [1.165, 1.54) is 11.1 Å². The predicted molar refractivity (Wildman–Crippen MR) is 123 cm³/mol. The second kappa shape index (κ2) is 7.94. The van der Waals surface area contributed by atoms with E-state index in [9.17, 15) is 5.11 Å². The molecule has 4 nitrogen and oxygen atoms in total. The molecule has 0 aliphatic carbocycles. The summed E-state index contributed by atoms with van der Waals surface area (Å²) in [6.07, 6.45) is 1.87. The molecule has 5 heteroatoms. The molecule has 0 unspecified atom stereocenters. The van der Waals surface area contributed by atoms with Crippen LogP contribution in [0.15, 0.2) is 36.4 Å². The first kappa shape index (κ1) is 22.7. The third kappa shape index (κ3) is 3.63. The molecule has 0 aromatic heterocycles. The third-order valence-corrected chi connectivity index (χ3v) is 7.25. The molecule has 1 aliphatic heterocycles. The Morgan fingerprint density at radius 3 is 1.97 bits per heavy atom. The number of aromatic hydroxyl groups is 1. The molecular weight excluding hydrogens is 375 g/mol. The molecule has 0 saturated carbocycles. The summed E-state index contributed by atoms with van der Waals surface area (Å²) < 4.78 is 18.3. The fraction of sp³-hybridized carbons (Fsp3) is 0.520. The summed E-state index contributed by atoms with van der Waals surface area (Å²) >= 11 is 0. The Kier molecular flexibility index (Phi) is 6.01. The third-order valence-electron chi connectivity index (χ3n) is 7.25. The number of phenols is 1. The van der Waals surface area contributed by atoms with E-state index in [2.05, 4.69) is 65.8 Å². The van der Waals surface area contributed by atoms with Gasteiger partial charge in [-0.05, 0) is 76.3 Å². The van der Waals surface area contributed by atoms with Crippen LogP contribution in [0.25, 0.3) is 0 Å². The standard InChI is InChI=1S/C25H35BO4/c1-9-25(10-2,18-12-14-21(27)17(3)15-18)19-11-13-20(22(16-19)28-8)26-29-23(4,5)24(6,7)30-26/h11-16,27H,9-10H2,1-8H3. The van der Waals surface area contributed by atoms with Crippen LogP contribution in [0.4, 0.5) is 0 Å². The summed E-state index contributed by atoms with van der Waals surface area (Å²) in [4.78, 5) is 0. The first-order valence-electron chi connectivity index (χ1n) is 10.9. The lowest BCUT2D eigenvalue weighted by Gasteiger charge is -2.34. The van der Waals surface area contributed by atoms with Gasteiger partial charge < -0.3 is 19.2 Å². The number of hydrogen-bond acceptors (Lipinski definition) is 4. The molecule has 30 heavy (non-hydrogen) atoms. The topological polar surface area (TPSA) is 47.9 Å². The summed E-state index contributed by atoms with van der Waals surface area (Å²) in [5.41, 5.74) is 3.22. The second-order valence-electron chi connectivity index (χ2n) is 9.34. The van der Waals surface area contributed by atoms with Crippen molar-refractivity contribution in [1.82, 2.24) is 0 Å². The summed E-state index contributed by atoms with van der Waals surface area (Å²) in [5.74, 6) is 1.10. The van der Waals surface area contributed by atoms with E-state index >= 15 is 0 Å². The number of methoxy groups -OCH3 is 1. The lowest BCUT2D eigenvalue weighted by Crippen LogP contribution is -2.41. The van der Waals surface area contributed by atoms with Crippen molar-refractivity contribution in [3.63, 3.8) is 0 Å². The predicted octanol–water partition coefficient (Wildman–Crippen LogP) is 5.11. The molecule has 2 aromatic rings. The van der Waals surface area contributed by atoms with Gasteiger partial charge in [0.15, 0.2) is 0 Å². The Balaban J connectivity index is 2.07. The highest BCUT2D eigenvalue weighted by atomic mass is 16.7. The van der Waals surface area contributed by atoms with Crippen molar-refractivity contribution in [3.8, 4) is 11.5 Å². The molecular formula is C25H35BO4. The summed E-state index contributed by atoms with van der Waals surface area (Å²) in [6.45, 7) is 14.6. The fourth-order valence-electron chi connectivity index (χ4n) is 4.36. The Bertz CT molecular complexity index is 899. The van der Waals surface area contributed by atoms with Crippen LogP contribution in [-0.4, -0.2) is 30.5 Å². The lowest BCUT2D eigenvalue weighted by molar-refractivity contribution is 0.00578. The number of benzene rings is 2. The number of hydrogen-bond donors (Lipinski definition) is 1. The van der Waals surface area contributed by atoms with E-state index in [-0.39, 0.29) is 5.41 Å². The first-order valence-corrected chi connectivity index (χ1v) is 10.9. The molecule has 0 bridgehead atoms. The van der Waals surface area contributed by atoms with Gasteiger partial charge in [-0.15, -0.1) is 0 Å². The summed E-state index contributed by atoms with van der Waals surface area (Å²) in [6, 6.07) is 12.3. The van der Waals surface area contributed by atoms with Gasteiger partial charge in [0.05, 0.1) is 18.3 Å². The van der Waals surface area contributed by atoms with Gasteiger partial charge >= 0.3 is 7.12 Å². The van der Waals surface area contributed by atoms with Gasteiger partial charge in [0.25, 0.3) is 0 Å². The van der Waals surface area contributed by atoms with E-state index in [1.807, 2.05) is 13.0 Å². The van der Waals surface area contributed by atoms with Crippen molar-refractivity contribution in [2.75, 3.05) is 7.11 Å². The van der Waals surface area contributed by atoms with Gasteiger partial charge in [-0.25, -0.2) is 0 Å².